The third-order valence-corrected chi connectivity index (χ3v) is 5.77. The summed E-state index contributed by atoms with van der Waals surface area (Å²) in [4.78, 5) is 0. The van der Waals surface area contributed by atoms with E-state index >= 15 is 0 Å². The Labute approximate surface area is 163 Å². The average Bonchev–Trinajstić information content (AvgIpc) is 2.67. The van der Waals surface area contributed by atoms with Gasteiger partial charge in [-0.2, -0.15) is 0 Å². The van der Waals surface area contributed by atoms with Crippen LogP contribution in [0.3, 0.4) is 0 Å². The molecule has 0 amide bonds. The minimum Gasteiger partial charge on any atom is -0.493 e. The summed E-state index contributed by atoms with van der Waals surface area (Å²) in [5.74, 6) is 2.20. The molecule has 0 fully saturated rings. The van der Waals surface area contributed by atoms with Crippen molar-refractivity contribution in [1.82, 2.24) is 0 Å². The van der Waals surface area contributed by atoms with Crippen molar-refractivity contribution < 1.29 is 4.74 Å². The number of hydrogen-bond acceptors (Lipinski definition) is 1. The molecule has 0 N–H and O–H groups in total. The predicted octanol–water partition coefficient (Wildman–Crippen LogP) is 6.73. The van der Waals surface area contributed by atoms with Gasteiger partial charge in [0.1, 0.15) is 5.75 Å². The quantitative estimate of drug-likeness (QED) is 0.505. The molecular formula is C26H28O. The monoisotopic (exact) mass is 356 g/mol. The number of aryl methyl sites for hydroxylation is 2. The summed E-state index contributed by atoms with van der Waals surface area (Å²) >= 11 is 0. The normalized spacial score (nSPS) is 18.9. The lowest BCUT2D eigenvalue weighted by Gasteiger charge is -2.35. The highest BCUT2D eigenvalue weighted by atomic mass is 16.5. The van der Waals surface area contributed by atoms with Gasteiger partial charge in [0.2, 0.25) is 0 Å². The Balaban J connectivity index is 1.84. The molecule has 3 aromatic rings. The summed E-state index contributed by atoms with van der Waals surface area (Å²) in [5.41, 5.74) is 7.98. The fraction of sp³-hybridized carbons (Fsp3) is 0.308. The number of rotatable bonds is 3. The second-order valence-electron chi connectivity index (χ2n) is 8.17. The van der Waals surface area contributed by atoms with Gasteiger partial charge < -0.3 is 4.74 Å². The van der Waals surface area contributed by atoms with Gasteiger partial charge in [-0.3, -0.25) is 0 Å². The molecule has 0 aromatic heterocycles. The molecule has 0 radical (unpaired) electrons. The summed E-state index contributed by atoms with van der Waals surface area (Å²) in [6, 6.07) is 24.7. The van der Waals surface area contributed by atoms with E-state index in [1.807, 2.05) is 0 Å². The van der Waals surface area contributed by atoms with Gasteiger partial charge >= 0.3 is 0 Å². The molecule has 3 aromatic carbocycles. The first-order valence-corrected chi connectivity index (χ1v) is 9.92. The van der Waals surface area contributed by atoms with Crippen molar-refractivity contribution in [3.05, 3.63) is 100 Å². The highest BCUT2D eigenvalue weighted by Crippen LogP contribution is 2.46. The molecule has 1 heteroatoms. The zero-order chi connectivity index (χ0) is 19.0. The van der Waals surface area contributed by atoms with E-state index in [9.17, 15) is 0 Å². The molecule has 27 heavy (non-hydrogen) atoms. The molecule has 0 spiro atoms. The Morgan fingerprint density at radius 2 is 1.59 bits per heavy atom. The SMILES string of the molecule is Cc1ccc(C2c3ccc(C(C)C)cc3OCC2c2cccc(C)c2)cc1. The van der Waals surface area contributed by atoms with Gasteiger partial charge in [0.05, 0.1) is 6.61 Å². The second kappa shape index (κ2) is 7.23. The van der Waals surface area contributed by atoms with Crippen LogP contribution < -0.4 is 4.74 Å². The second-order valence-corrected chi connectivity index (χ2v) is 8.17. The lowest BCUT2D eigenvalue weighted by molar-refractivity contribution is 0.248. The van der Waals surface area contributed by atoms with Crippen molar-refractivity contribution in [3.63, 3.8) is 0 Å². The van der Waals surface area contributed by atoms with Crippen LogP contribution in [0.15, 0.2) is 66.7 Å². The smallest absolute Gasteiger partial charge is 0.123 e. The van der Waals surface area contributed by atoms with E-state index in [4.69, 9.17) is 4.74 Å². The van der Waals surface area contributed by atoms with E-state index in [1.54, 1.807) is 0 Å². The van der Waals surface area contributed by atoms with Crippen LogP contribution in [0.5, 0.6) is 5.75 Å². The van der Waals surface area contributed by atoms with Crippen molar-refractivity contribution in [2.24, 2.45) is 0 Å². The van der Waals surface area contributed by atoms with Crippen LogP contribution in [0, 0.1) is 13.8 Å². The van der Waals surface area contributed by atoms with Gasteiger partial charge in [-0.05, 0) is 42.5 Å². The molecule has 1 heterocycles. The molecule has 1 nitrogen and oxygen atoms in total. The molecule has 2 atom stereocenters. The molecule has 0 saturated carbocycles. The largest absolute Gasteiger partial charge is 0.493 e. The van der Waals surface area contributed by atoms with Crippen molar-refractivity contribution in [1.29, 1.82) is 0 Å². The summed E-state index contributed by atoms with van der Waals surface area (Å²) in [6.07, 6.45) is 0. The van der Waals surface area contributed by atoms with Crippen LogP contribution in [0.2, 0.25) is 0 Å². The molecule has 2 unspecified atom stereocenters. The third kappa shape index (κ3) is 3.51. The van der Waals surface area contributed by atoms with Gasteiger partial charge in [-0.25, -0.2) is 0 Å². The van der Waals surface area contributed by atoms with Gasteiger partial charge in [-0.15, -0.1) is 0 Å². The average molecular weight is 357 g/mol. The summed E-state index contributed by atoms with van der Waals surface area (Å²) < 4.78 is 6.30. The van der Waals surface area contributed by atoms with Gasteiger partial charge in [0.25, 0.3) is 0 Å². The Bertz CT molecular complexity index is 937. The summed E-state index contributed by atoms with van der Waals surface area (Å²) in [6.45, 7) is 9.50. The molecule has 0 aliphatic carbocycles. The Kier molecular flexibility index (Phi) is 4.78. The lowest BCUT2D eigenvalue weighted by atomic mass is 9.75. The predicted molar refractivity (Wildman–Crippen MR) is 113 cm³/mol. The van der Waals surface area contributed by atoms with Crippen LogP contribution in [0.1, 0.15) is 65.0 Å². The highest BCUT2D eigenvalue weighted by molar-refractivity contribution is 5.50. The maximum atomic E-state index is 6.30. The zero-order valence-corrected chi connectivity index (χ0v) is 16.7. The number of benzene rings is 3. The topological polar surface area (TPSA) is 9.23 Å². The summed E-state index contributed by atoms with van der Waals surface area (Å²) in [7, 11) is 0. The Hall–Kier alpha value is -2.54. The highest BCUT2D eigenvalue weighted by Gasteiger charge is 2.33. The van der Waals surface area contributed by atoms with Crippen molar-refractivity contribution in [3.8, 4) is 5.75 Å². The molecule has 0 bridgehead atoms. The number of ether oxygens (including phenoxy) is 1. The van der Waals surface area contributed by atoms with Crippen LogP contribution >= 0.6 is 0 Å². The zero-order valence-electron chi connectivity index (χ0n) is 16.7. The van der Waals surface area contributed by atoms with E-state index < -0.39 is 0 Å². The van der Waals surface area contributed by atoms with E-state index in [2.05, 4.69) is 94.4 Å². The molecule has 4 rings (SSSR count). The minimum atomic E-state index is 0.317. The van der Waals surface area contributed by atoms with Crippen LogP contribution in [0.4, 0.5) is 0 Å². The maximum absolute atomic E-state index is 6.30. The Morgan fingerprint density at radius 3 is 2.30 bits per heavy atom. The van der Waals surface area contributed by atoms with Crippen molar-refractivity contribution in [2.45, 2.75) is 45.4 Å². The van der Waals surface area contributed by atoms with Crippen molar-refractivity contribution >= 4 is 0 Å². The lowest BCUT2D eigenvalue weighted by Crippen LogP contribution is -2.25. The fourth-order valence-corrected chi connectivity index (χ4v) is 4.16. The third-order valence-electron chi connectivity index (χ3n) is 5.77. The molecule has 138 valence electrons. The first-order valence-electron chi connectivity index (χ1n) is 9.92. The summed E-state index contributed by atoms with van der Waals surface area (Å²) in [5, 5.41) is 0. The Morgan fingerprint density at radius 1 is 0.815 bits per heavy atom. The van der Waals surface area contributed by atoms with E-state index in [1.165, 1.54) is 33.4 Å². The van der Waals surface area contributed by atoms with Crippen LogP contribution in [0.25, 0.3) is 0 Å². The first-order chi connectivity index (χ1) is 13.0. The molecule has 1 aliphatic rings. The van der Waals surface area contributed by atoms with Crippen LogP contribution in [-0.2, 0) is 0 Å². The fourth-order valence-electron chi connectivity index (χ4n) is 4.16. The number of fused-ring (bicyclic) bond motifs is 1. The minimum absolute atomic E-state index is 0.317. The molecular weight excluding hydrogens is 328 g/mol. The van der Waals surface area contributed by atoms with Gasteiger partial charge in [0.15, 0.2) is 0 Å². The molecule has 0 saturated heterocycles. The molecule has 1 aliphatic heterocycles. The number of hydrogen-bond donors (Lipinski definition) is 0. The van der Waals surface area contributed by atoms with Gasteiger partial charge in [-0.1, -0.05) is 85.6 Å². The van der Waals surface area contributed by atoms with Gasteiger partial charge in [0, 0.05) is 17.4 Å². The van der Waals surface area contributed by atoms with E-state index in [0.29, 0.717) is 17.8 Å². The first kappa shape index (κ1) is 17.9. The van der Waals surface area contributed by atoms with Crippen molar-refractivity contribution in [2.75, 3.05) is 6.61 Å². The maximum Gasteiger partial charge on any atom is 0.123 e. The van der Waals surface area contributed by atoms with Crippen LogP contribution in [-0.4, -0.2) is 6.61 Å². The standard InChI is InChI=1S/C26H28O/c1-17(2)21-12-13-23-25(15-21)27-16-24(22-7-5-6-19(4)14-22)26(23)20-10-8-18(3)9-11-20/h5-15,17,24,26H,16H2,1-4H3. The van der Waals surface area contributed by atoms with E-state index in [0.717, 1.165) is 12.4 Å². The van der Waals surface area contributed by atoms with E-state index in [-0.39, 0.29) is 0 Å².